The number of nitrogens with zero attached hydrogens (tertiary/aromatic N) is 1. The lowest BCUT2D eigenvalue weighted by atomic mass is 9.76. The van der Waals surface area contributed by atoms with Crippen LogP contribution in [0.5, 0.6) is 0 Å². The summed E-state index contributed by atoms with van der Waals surface area (Å²) in [7, 11) is 0. The topological polar surface area (TPSA) is 47.9 Å². The molecule has 9 heteroatoms. The van der Waals surface area contributed by atoms with Crippen LogP contribution in [0.3, 0.4) is 0 Å². The van der Waals surface area contributed by atoms with Crippen molar-refractivity contribution in [3.63, 3.8) is 0 Å². The number of carbonyl (C=O) groups excluding carboxylic acids is 1. The van der Waals surface area contributed by atoms with Gasteiger partial charge < -0.3 is 9.47 Å². The van der Waals surface area contributed by atoms with E-state index in [0.717, 1.165) is 19.1 Å². The van der Waals surface area contributed by atoms with Crippen molar-refractivity contribution in [3.05, 3.63) is 101 Å². The van der Waals surface area contributed by atoms with Gasteiger partial charge in [0.2, 0.25) is 0 Å². The Labute approximate surface area is 217 Å². The number of esters is 1. The minimum Gasteiger partial charge on any atom is -0.464 e. The monoisotopic (exact) mass is 531 g/mol. The van der Waals surface area contributed by atoms with Crippen LogP contribution in [-0.4, -0.2) is 36.2 Å². The first-order chi connectivity index (χ1) is 18.0. The summed E-state index contributed by atoms with van der Waals surface area (Å²) in [6, 6.07) is 19.4. The van der Waals surface area contributed by atoms with Gasteiger partial charge in [-0.25, -0.2) is 18.6 Å². The molecule has 1 aliphatic rings. The number of ether oxygens (including phenoxy) is 2. The third kappa shape index (κ3) is 4.95. The van der Waals surface area contributed by atoms with E-state index in [2.05, 4.69) is 4.99 Å². The van der Waals surface area contributed by atoms with Crippen LogP contribution in [0.2, 0.25) is 0 Å². The summed E-state index contributed by atoms with van der Waals surface area (Å²) < 4.78 is 82.9. The van der Waals surface area contributed by atoms with Crippen LogP contribution >= 0.6 is 0 Å². The van der Waals surface area contributed by atoms with Gasteiger partial charge in [0, 0.05) is 23.0 Å². The maximum absolute atomic E-state index is 15.5. The third-order valence-corrected chi connectivity index (χ3v) is 6.96. The SMILES string of the molecule is CCOC(=O)[C@@H]1O[C@@](C)(C(F)(F)F)[C@@H](C)[C@H]1c1ccc(F)c(F)c1N=C(c1ccccc1)c1ccccc1. The molecule has 1 fully saturated rings. The normalized spacial score (nSPS) is 23.2. The average Bonchev–Trinajstić information content (AvgIpc) is 3.18. The average molecular weight is 532 g/mol. The highest BCUT2D eigenvalue weighted by atomic mass is 19.4. The zero-order valence-corrected chi connectivity index (χ0v) is 20.9. The molecule has 3 aromatic carbocycles. The molecule has 4 atom stereocenters. The van der Waals surface area contributed by atoms with Crippen molar-refractivity contribution in [2.24, 2.45) is 10.9 Å². The molecule has 0 saturated carbocycles. The van der Waals surface area contributed by atoms with Gasteiger partial charge in [-0.1, -0.05) is 73.7 Å². The van der Waals surface area contributed by atoms with Crippen molar-refractivity contribution in [1.29, 1.82) is 0 Å². The lowest BCUT2D eigenvalue weighted by Gasteiger charge is -2.32. The Bertz CT molecular complexity index is 1290. The summed E-state index contributed by atoms with van der Waals surface area (Å²) >= 11 is 0. The Hall–Kier alpha value is -3.59. The standard InChI is InChI=1S/C29H26F5NO3/c1-4-37-27(36)26-22(17(2)28(3,38-26)29(32,33)34)20-15-16-21(30)23(31)25(20)35-24(18-11-7-5-8-12-18)19-13-9-6-10-14-19/h5-17,22,26H,4H2,1-3H3/t17-,22-,26+,28+/m0/s1. The molecule has 200 valence electrons. The Morgan fingerprint density at radius 3 is 2.03 bits per heavy atom. The number of alkyl halides is 3. The molecule has 0 amide bonds. The van der Waals surface area contributed by atoms with Crippen molar-refractivity contribution in [1.82, 2.24) is 0 Å². The van der Waals surface area contributed by atoms with E-state index in [1.165, 1.54) is 13.8 Å². The molecule has 38 heavy (non-hydrogen) atoms. The second kappa shape index (κ2) is 10.6. The molecule has 0 aromatic heterocycles. The first kappa shape index (κ1) is 27.4. The number of aliphatic imine (C=N–C) groups is 1. The zero-order chi connectivity index (χ0) is 27.7. The van der Waals surface area contributed by atoms with Crippen LogP contribution in [0.4, 0.5) is 27.6 Å². The van der Waals surface area contributed by atoms with E-state index in [-0.39, 0.29) is 17.9 Å². The van der Waals surface area contributed by atoms with E-state index in [1.54, 1.807) is 60.7 Å². The molecule has 0 spiro atoms. The molecule has 1 saturated heterocycles. The highest BCUT2D eigenvalue weighted by molar-refractivity contribution is 6.14. The second-order valence-electron chi connectivity index (χ2n) is 9.20. The number of benzene rings is 3. The maximum Gasteiger partial charge on any atom is 0.417 e. The molecule has 1 aliphatic heterocycles. The summed E-state index contributed by atoms with van der Waals surface area (Å²) in [6.45, 7) is 3.51. The third-order valence-electron chi connectivity index (χ3n) is 6.96. The highest BCUT2D eigenvalue weighted by Crippen LogP contribution is 2.55. The fourth-order valence-corrected chi connectivity index (χ4v) is 4.76. The van der Waals surface area contributed by atoms with Crippen molar-refractivity contribution < 1.29 is 36.2 Å². The summed E-state index contributed by atoms with van der Waals surface area (Å²) in [6.07, 6.45) is -6.57. The van der Waals surface area contributed by atoms with Crippen molar-refractivity contribution in [2.45, 2.75) is 44.6 Å². The van der Waals surface area contributed by atoms with Crippen LogP contribution in [-0.2, 0) is 14.3 Å². The summed E-state index contributed by atoms with van der Waals surface area (Å²) in [5.74, 6) is -6.30. The number of hydrogen-bond acceptors (Lipinski definition) is 4. The van der Waals surface area contributed by atoms with Gasteiger partial charge >= 0.3 is 12.1 Å². The minimum atomic E-state index is -4.85. The predicted molar refractivity (Wildman–Crippen MR) is 132 cm³/mol. The molecule has 0 radical (unpaired) electrons. The van der Waals surface area contributed by atoms with Crippen LogP contribution < -0.4 is 0 Å². The van der Waals surface area contributed by atoms with E-state index in [4.69, 9.17) is 9.47 Å². The number of hydrogen-bond donors (Lipinski definition) is 0. The molecule has 0 bridgehead atoms. The summed E-state index contributed by atoms with van der Waals surface area (Å²) in [5, 5.41) is 0. The second-order valence-corrected chi connectivity index (χ2v) is 9.20. The van der Waals surface area contributed by atoms with E-state index in [9.17, 15) is 22.4 Å². The van der Waals surface area contributed by atoms with Gasteiger partial charge in [0.1, 0.15) is 5.69 Å². The van der Waals surface area contributed by atoms with Crippen LogP contribution in [0.15, 0.2) is 77.8 Å². The Morgan fingerprint density at radius 1 is 0.974 bits per heavy atom. The van der Waals surface area contributed by atoms with Gasteiger partial charge in [-0.2, -0.15) is 13.2 Å². The van der Waals surface area contributed by atoms with Gasteiger partial charge in [-0.05, 0) is 25.5 Å². The maximum atomic E-state index is 15.5. The largest absolute Gasteiger partial charge is 0.464 e. The van der Waals surface area contributed by atoms with E-state index < -0.39 is 53.0 Å². The quantitative estimate of drug-likeness (QED) is 0.193. The number of carbonyl (C=O) groups is 1. The highest BCUT2D eigenvalue weighted by Gasteiger charge is 2.66. The van der Waals surface area contributed by atoms with Gasteiger partial charge in [0.25, 0.3) is 0 Å². The smallest absolute Gasteiger partial charge is 0.417 e. The minimum absolute atomic E-state index is 0.0909. The fourth-order valence-electron chi connectivity index (χ4n) is 4.76. The van der Waals surface area contributed by atoms with Gasteiger partial charge in [-0.15, -0.1) is 0 Å². The molecule has 4 rings (SSSR count). The van der Waals surface area contributed by atoms with E-state index >= 15 is 4.39 Å². The molecule has 0 unspecified atom stereocenters. The summed E-state index contributed by atoms with van der Waals surface area (Å²) in [5.41, 5.74) is -1.92. The molecular weight excluding hydrogens is 505 g/mol. The zero-order valence-electron chi connectivity index (χ0n) is 20.9. The Kier molecular flexibility index (Phi) is 7.69. The van der Waals surface area contributed by atoms with E-state index in [0.29, 0.717) is 11.1 Å². The molecule has 4 nitrogen and oxygen atoms in total. The molecule has 3 aromatic rings. The Morgan fingerprint density at radius 2 is 1.53 bits per heavy atom. The van der Waals surface area contributed by atoms with Crippen LogP contribution in [0, 0.1) is 17.6 Å². The lowest BCUT2D eigenvalue weighted by Crippen LogP contribution is -2.47. The Balaban J connectivity index is 1.97. The number of rotatable bonds is 6. The van der Waals surface area contributed by atoms with Crippen LogP contribution in [0.1, 0.15) is 43.4 Å². The first-order valence-electron chi connectivity index (χ1n) is 12.1. The molecule has 0 aliphatic carbocycles. The fraction of sp³-hybridized carbons (Fsp3) is 0.310. The molecule has 0 N–H and O–H groups in total. The summed E-state index contributed by atoms with van der Waals surface area (Å²) in [4.78, 5) is 17.3. The van der Waals surface area contributed by atoms with Crippen LogP contribution in [0.25, 0.3) is 0 Å². The molecule has 1 heterocycles. The first-order valence-corrected chi connectivity index (χ1v) is 12.1. The van der Waals surface area contributed by atoms with Crippen molar-refractivity contribution >= 4 is 17.4 Å². The van der Waals surface area contributed by atoms with Gasteiger partial charge in [0.15, 0.2) is 23.3 Å². The lowest BCUT2D eigenvalue weighted by molar-refractivity contribution is -0.274. The predicted octanol–water partition coefficient (Wildman–Crippen LogP) is 7.14. The van der Waals surface area contributed by atoms with Gasteiger partial charge in [-0.3, -0.25) is 0 Å². The molecular formula is C29H26F5NO3. The van der Waals surface area contributed by atoms with Gasteiger partial charge in [0.05, 0.1) is 12.3 Å². The van der Waals surface area contributed by atoms with Crippen molar-refractivity contribution in [2.75, 3.05) is 6.61 Å². The van der Waals surface area contributed by atoms with E-state index in [1.807, 2.05) is 0 Å². The van der Waals surface area contributed by atoms with Crippen molar-refractivity contribution in [3.8, 4) is 0 Å². The number of halogens is 5.